The Morgan fingerprint density at radius 1 is 1.21 bits per heavy atom. The van der Waals surface area contributed by atoms with Gasteiger partial charge in [0.15, 0.2) is 0 Å². The van der Waals surface area contributed by atoms with Gasteiger partial charge in [-0.1, -0.05) is 44.2 Å². The molecule has 1 heterocycles. The van der Waals surface area contributed by atoms with Crippen molar-refractivity contribution in [1.82, 2.24) is 10.2 Å². The molecule has 19 heavy (non-hydrogen) atoms. The number of benzene rings is 1. The fourth-order valence-corrected chi connectivity index (χ4v) is 1.83. The van der Waals surface area contributed by atoms with Crippen LogP contribution in [0.1, 0.15) is 49.4 Å². The van der Waals surface area contributed by atoms with Crippen LogP contribution in [-0.2, 0) is 4.79 Å². The lowest BCUT2D eigenvalue weighted by molar-refractivity contribution is -0.137. The first-order valence-corrected chi connectivity index (χ1v) is 6.18. The Hall–Kier alpha value is -2.17. The van der Waals surface area contributed by atoms with Gasteiger partial charge in [0.1, 0.15) is 0 Å². The first-order chi connectivity index (χ1) is 9.08. The van der Waals surface area contributed by atoms with Gasteiger partial charge in [-0.15, -0.1) is 10.2 Å². The van der Waals surface area contributed by atoms with Gasteiger partial charge in [0.25, 0.3) is 0 Å². The molecule has 0 bridgehead atoms. The molecule has 0 amide bonds. The summed E-state index contributed by atoms with van der Waals surface area (Å²) in [7, 11) is 0. The summed E-state index contributed by atoms with van der Waals surface area (Å²) in [5.74, 6) is -0.280. The van der Waals surface area contributed by atoms with Crippen molar-refractivity contribution in [1.29, 1.82) is 0 Å². The van der Waals surface area contributed by atoms with Crippen molar-refractivity contribution in [2.24, 2.45) is 0 Å². The lowest BCUT2D eigenvalue weighted by Crippen LogP contribution is -2.08. The molecule has 5 heteroatoms. The van der Waals surface area contributed by atoms with E-state index in [1.165, 1.54) is 0 Å². The first-order valence-electron chi connectivity index (χ1n) is 6.18. The Morgan fingerprint density at radius 3 is 2.37 bits per heavy atom. The van der Waals surface area contributed by atoms with Crippen LogP contribution < -0.4 is 0 Å². The van der Waals surface area contributed by atoms with E-state index in [1.807, 2.05) is 44.2 Å². The fourth-order valence-electron chi connectivity index (χ4n) is 1.83. The third-order valence-corrected chi connectivity index (χ3v) is 2.83. The van der Waals surface area contributed by atoms with Gasteiger partial charge in [-0.2, -0.15) is 0 Å². The van der Waals surface area contributed by atoms with E-state index in [0.717, 1.165) is 5.56 Å². The van der Waals surface area contributed by atoms with E-state index in [1.54, 1.807) is 0 Å². The SMILES string of the molecule is CC(C)c1nnc(C(CC(=O)O)c2ccccc2)o1. The minimum absolute atomic E-state index is 0.0657. The molecular weight excluding hydrogens is 244 g/mol. The van der Waals surface area contributed by atoms with Crippen LogP contribution in [0.3, 0.4) is 0 Å². The standard InChI is InChI=1S/C14H16N2O3/c1-9(2)13-15-16-14(19-13)11(8-12(17)18)10-6-4-3-5-7-10/h3-7,9,11H,8H2,1-2H3,(H,17,18). The number of aromatic nitrogens is 2. The van der Waals surface area contributed by atoms with Crippen molar-refractivity contribution in [3.05, 3.63) is 47.7 Å². The number of hydrogen-bond donors (Lipinski definition) is 1. The molecule has 1 aromatic carbocycles. The molecule has 0 aliphatic heterocycles. The summed E-state index contributed by atoms with van der Waals surface area (Å²) in [5.41, 5.74) is 0.865. The van der Waals surface area contributed by atoms with Crippen LogP contribution in [0.4, 0.5) is 0 Å². The van der Waals surface area contributed by atoms with Gasteiger partial charge in [0.2, 0.25) is 11.8 Å². The van der Waals surface area contributed by atoms with Crippen LogP contribution in [0.15, 0.2) is 34.7 Å². The number of carboxylic acids is 1. The number of carboxylic acid groups (broad SMARTS) is 1. The first kappa shape index (κ1) is 13.3. The van der Waals surface area contributed by atoms with Crippen molar-refractivity contribution in [2.45, 2.75) is 32.1 Å². The second kappa shape index (κ2) is 5.65. The summed E-state index contributed by atoms with van der Waals surface area (Å²) in [5, 5.41) is 17.0. The molecule has 0 saturated carbocycles. The van der Waals surface area contributed by atoms with Gasteiger partial charge in [-0.05, 0) is 5.56 Å². The van der Waals surface area contributed by atoms with Crippen molar-refractivity contribution in [3.63, 3.8) is 0 Å². The zero-order chi connectivity index (χ0) is 13.8. The molecular formula is C14H16N2O3. The Morgan fingerprint density at radius 2 is 1.84 bits per heavy atom. The van der Waals surface area contributed by atoms with Crippen molar-refractivity contribution in [3.8, 4) is 0 Å². The smallest absolute Gasteiger partial charge is 0.304 e. The van der Waals surface area contributed by atoms with Crippen LogP contribution in [0.2, 0.25) is 0 Å². The van der Waals surface area contributed by atoms with Crippen LogP contribution in [0.25, 0.3) is 0 Å². The Balaban J connectivity index is 2.34. The van der Waals surface area contributed by atoms with Gasteiger partial charge in [0.05, 0.1) is 12.3 Å². The zero-order valence-corrected chi connectivity index (χ0v) is 10.9. The Kier molecular flexibility index (Phi) is 3.94. The minimum atomic E-state index is -0.891. The maximum atomic E-state index is 11.0. The van der Waals surface area contributed by atoms with Gasteiger partial charge >= 0.3 is 5.97 Å². The van der Waals surface area contributed by atoms with E-state index >= 15 is 0 Å². The second-order valence-electron chi connectivity index (χ2n) is 4.69. The van der Waals surface area contributed by atoms with Crippen LogP contribution in [0, 0.1) is 0 Å². The molecule has 0 radical (unpaired) electrons. The summed E-state index contributed by atoms with van der Waals surface area (Å²) < 4.78 is 5.58. The molecule has 1 aromatic heterocycles. The molecule has 1 atom stereocenters. The molecule has 2 rings (SSSR count). The minimum Gasteiger partial charge on any atom is -0.481 e. The third-order valence-electron chi connectivity index (χ3n) is 2.83. The molecule has 5 nitrogen and oxygen atoms in total. The second-order valence-corrected chi connectivity index (χ2v) is 4.69. The Bertz CT molecular complexity index is 549. The number of nitrogens with zero attached hydrogens (tertiary/aromatic N) is 2. The normalized spacial score (nSPS) is 12.6. The van der Waals surface area contributed by atoms with Crippen LogP contribution in [-0.4, -0.2) is 21.3 Å². The monoisotopic (exact) mass is 260 g/mol. The molecule has 0 saturated heterocycles. The molecule has 0 aliphatic carbocycles. The van der Waals surface area contributed by atoms with Crippen molar-refractivity contribution in [2.75, 3.05) is 0 Å². The van der Waals surface area contributed by atoms with Gasteiger partial charge < -0.3 is 9.52 Å². The van der Waals surface area contributed by atoms with E-state index in [2.05, 4.69) is 10.2 Å². The highest BCUT2D eigenvalue weighted by molar-refractivity contribution is 5.68. The van der Waals surface area contributed by atoms with Crippen molar-refractivity contribution >= 4 is 5.97 Å². The van der Waals surface area contributed by atoms with E-state index in [-0.39, 0.29) is 12.3 Å². The lowest BCUT2D eigenvalue weighted by Gasteiger charge is -2.10. The molecule has 100 valence electrons. The van der Waals surface area contributed by atoms with Crippen LogP contribution >= 0.6 is 0 Å². The number of aliphatic carboxylic acids is 1. The van der Waals surface area contributed by atoms with Gasteiger partial charge in [0, 0.05) is 5.92 Å². The highest BCUT2D eigenvalue weighted by Crippen LogP contribution is 2.28. The summed E-state index contributed by atoms with van der Waals surface area (Å²) in [4.78, 5) is 11.0. The van der Waals surface area contributed by atoms with E-state index in [9.17, 15) is 4.79 Å². The molecule has 0 aliphatic rings. The van der Waals surface area contributed by atoms with E-state index in [0.29, 0.717) is 11.8 Å². The Labute approximate surface area is 111 Å². The predicted molar refractivity (Wildman–Crippen MR) is 68.9 cm³/mol. The average Bonchev–Trinajstić information content (AvgIpc) is 2.86. The highest BCUT2D eigenvalue weighted by atomic mass is 16.4. The lowest BCUT2D eigenvalue weighted by atomic mass is 9.96. The summed E-state index contributed by atoms with van der Waals surface area (Å²) in [6, 6.07) is 9.35. The maximum absolute atomic E-state index is 11.0. The van der Waals surface area contributed by atoms with Gasteiger partial charge in [-0.3, -0.25) is 4.79 Å². The number of rotatable bonds is 5. The van der Waals surface area contributed by atoms with Crippen molar-refractivity contribution < 1.29 is 14.3 Å². The topological polar surface area (TPSA) is 76.2 Å². The number of hydrogen-bond acceptors (Lipinski definition) is 4. The predicted octanol–water partition coefficient (Wildman–Crippen LogP) is 2.80. The summed E-state index contributed by atoms with van der Waals surface area (Å²) in [6.07, 6.45) is -0.0657. The molecule has 1 N–H and O–H groups in total. The quantitative estimate of drug-likeness (QED) is 0.894. The maximum Gasteiger partial charge on any atom is 0.304 e. The van der Waals surface area contributed by atoms with Gasteiger partial charge in [-0.25, -0.2) is 0 Å². The average molecular weight is 260 g/mol. The molecule has 2 aromatic rings. The highest BCUT2D eigenvalue weighted by Gasteiger charge is 2.24. The third kappa shape index (κ3) is 3.19. The van der Waals surface area contributed by atoms with E-state index < -0.39 is 11.9 Å². The number of carbonyl (C=O) groups is 1. The molecule has 0 spiro atoms. The molecule has 0 fully saturated rings. The largest absolute Gasteiger partial charge is 0.481 e. The fraction of sp³-hybridized carbons (Fsp3) is 0.357. The summed E-state index contributed by atoms with van der Waals surface area (Å²) >= 11 is 0. The molecule has 1 unspecified atom stereocenters. The van der Waals surface area contributed by atoms with Crippen LogP contribution in [0.5, 0.6) is 0 Å². The zero-order valence-electron chi connectivity index (χ0n) is 10.9. The summed E-state index contributed by atoms with van der Waals surface area (Å²) in [6.45, 7) is 3.90. The van der Waals surface area contributed by atoms with E-state index in [4.69, 9.17) is 9.52 Å².